The molecule has 0 aromatic carbocycles. The van der Waals surface area contributed by atoms with Crippen molar-refractivity contribution >= 4 is 11.9 Å². The van der Waals surface area contributed by atoms with E-state index in [1.54, 1.807) is 6.08 Å². The predicted molar refractivity (Wildman–Crippen MR) is 264 cm³/mol. The third kappa shape index (κ3) is 47.7. The van der Waals surface area contributed by atoms with Crippen molar-refractivity contribution in [1.29, 1.82) is 0 Å². The van der Waals surface area contributed by atoms with E-state index >= 15 is 0 Å². The maximum Gasteiger partial charge on any atom is 0.305 e. The number of esters is 1. The molecule has 0 saturated heterocycles. The minimum atomic E-state index is -0.847. The highest BCUT2D eigenvalue weighted by Crippen LogP contribution is 2.16. The Morgan fingerprint density at radius 2 is 0.770 bits per heavy atom. The summed E-state index contributed by atoms with van der Waals surface area (Å²) < 4.78 is 5.47. The SMILES string of the molecule is CCCCCCCCCC/C=C/C(O)C(CO)NC(=O)CCCCCCCCC/C=C\CCCCCCCCCCCOC(=O)CCCCCCCCCCCCCCCC. The molecule has 2 unspecified atom stereocenters. The number of aliphatic hydroxyl groups is 2. The molecule has 0 aromatic heterocycles. The van der Waals surface area contributed by atoms with Crippen LogP contribution in [0.5, 0.6) is 0 Å². The van der Waals surface area contributed by atoms with E-state index in [0.717, 1.165) is 44.9 Å². The molecule has 6 heteroatoms. The summed E-state index contributed by atoms with van der Waals surface area (Å²) in [4.78, 5) is 24.4. The van der Waals surface area contributed by atoms with Gasteiger partial charge in [-0.3, -0.25) is 9.59 Å². The summed E-state index contributed by atoms with van der Waals surface area (Å²) in [5, 5.41) is 22.9. The summed E-state index contributed by atoms with van der Waals surface area (Å²) in [6, 6.07) is -0.632. The van der Waals surface area contributed by atoms with E-state index < -0.39 is 12.1 Å². The van der Waals surface area contributed by atoms with Crippen molar-refractivity contribution in [3.8, 4) is 0 Å². The molecule has 0 aliphatic rings. The van der Waals surface area contributed by atoms with Gasteiger partial charge in [-0.25, -0.2) is 0 Å². The Hall–Kier alpha value is -1.66. The quantitative estimate of drug-likeness (QED) is 0.0322. The molecule has 0 bridgehead atoms. The summed E-state index contributed by atoms with van der Waals surface area (Å²) in [6.07, 6.45) is 60.5. The number of hydrogen-bond acceptors (Lipinski definition) is 5. The lowest BCUT2D eigenvalue weighted by Gasteiger charge is -2.20. The number of rotatable bonds is 50. The van der Waals surface area contributed by atoms with Crippen LogP contribution in [0.3, 0.4) is 0 Å². The highest BCUT2D eigenvalue weighted by molar-refractivity contribution is 5.76. The van der Waals surface area contributed by atoms with Gasteiger partial charge in [0.15, 0.2) is 0 Å². The van der Waals surface area contributed by atoms with Crippen LogP contribution >= 0.6 is 0 Å². The number of ether oxygens (including phenoxy) is 1. The number of carbonyl (C=O) groups excluding carboxylic acids is 2. The van der Waals surface area contributed by atoms with Crippen molar-refractivity contribution in [1.82, 2.24) is 5.32 Å². The van der Waals surface area contributed by atoms with E-state index in [1.807, 2.05) is 6.08 Å². The second-order valence-corrected chi connectivity index (χ2v) is 18.6. The molecule has 0 aliphatic heterocycles. The van der Waals surface area contributed by atoms with Crippen LogP contribution < -0.4 is 5.32 Å². The first kappa shape index (κ1) is 59.3. The highest BCUT2D eigenvalue weighted by atomic mass is 16.5. The monoisotopic (exact) mass is 860 g/mol. The van der Waals surface area contributed by atoms with Gasteiger partial charge in [-0.05, 0) is 57.8 Å². The van der Waals surface area contributed by atoms with Crippen molar-refractivity contribution in [3.05, 3.63) is 24.3 Å². The molecule has 61 heavy (non-hydrogen) atoms. The summed E-state index contributed by atoms with van der Waals surface area (Å²) in [5.41, 5.74) is 0. The summed E-state index contributed by atoms with van der Waals surface area (Å²) in [6.45, 7) is 4.88. The lowest BCUT2D eigenvalue weighted by molar-refractivity contribution is -0.143. The number of amides is 1. The van der Waals surface area contributed by atoms with Gasteiger partial charge in [0.25, 0.3) is 0 Å². The van der Waals surface area contributed by atoms with Crippen molar-refractivity contribution in [2.45, 2.75) is 302 Å². The van der Waals surface area contributed by atoms with Crippen molar-refractivity contribution in [3.63, 3.8) is 0 Å². The van der Waals surface area contributed by atoms with Crippen molar-refractivity contribution in [2.24, 2.45) is 0 Å². The van der Waals surface area contributed by atoms with Crippen LogP contribution in [-0.2, 0) is 14.3 Å². The van der Waals surface area contributed by atoms with Gasteiger partial charge in [-0.15, -0.1) is 0 Å². The maximum absolute atomic E-state index is 12.4. The Morgan fingerprint density at radius 1 is 0.443 bits per heavy atom. The number of aliphatic hydroxyl groups excluding tert-OH is 2. The molecule has 3 N–H and O–H groups in total. The molecule has 0 fully saturated rings. The second-order valence-electron chi connectivity index (χ2n) is 18.6. The number of carbonyl (C=O) groups is 2. The van der Waals surface area contributed by atoms with Gasteiger partial charge in [-0.1, -0.05) is 244 Å². The largest absolute Gasteiger partial charge is 0.466 e. The lowest BCUT2D eigenvalue weighted by atomic mass is 10.0. The zero-order valence-corrected chi connectivity index (χ0v) is 40.9. The van der Waals surface area contributed by atoms with Gasteiger partial charge in [-0.2, -0.15) is 0 Å². The zero-order chi connectivity index (χ0) is 44.4. The van der Waals surface area contributed by atoms with Crippen LogP contribution in [0.4, 0.5) is 0 Å². The number of unbranched alkanes of at least 4 members (excludes halogenated alkanes) is 37. The normalized spacial score (nSPS) is 12.8. The van der Waals surface area contributed by atoms with Crippen LogP contribution in [0.1, 0.15) is 290 Å². The average molecular weight is 860 g/mol. The Morgan fingerprint density at radius 3 is 1.16 bits per heavy atom. The Labute approximate surface area is 380 Å². The molecular formula is C55H105NO5. The van der Waals surface area contributed by atoms with E-state index in [4.69, 9.17) is 4.74 Å². The maximum atomic E-state index is 12.4. The second kappa shape index (κ2) is 51.0. The van der Waals surface area contributed by atoms with Crippen molar-refractivity contribution in [2.75, 3.05) is 13.2 Å². The molecule has 6 nitrogen and oxygen atoms in total. The molecule has 0 heterocycles. The fourth-order valence-electron chi connectivity index (χ4n) is 8.27. The molecule has 0 rings (SSSR count). The van der Waals surface area contributed by atoms with E-state index in [0.29, 0.717) is 19.4 Å². The first-order valence-electron chi connectivity index (χ1n) is 27.1. The van der Waals surface area contributed by atoms with Gasteiger partial charge in [0.2, 0.25) is 5.91 Å². The fraction of sp³-hybridized carbons (Fsp3) is 0.891. The minimum Gasteiger partial charge on any atom is -0.466 e. The molecule has 1 amide bonds. The predicted octanol–water partition coefficient (Wildman–Crippen LogP) is 16.3. The molecule has 360 valence electrons. The topological polar surface area (TPSA) is 95.9 Å². The summed E-state index contributed by atoms with van der Waals surface area (Å²) >= 11 is 0. The van der Waals surface area contributed by atoms with Crippen LogP contribution in [-0.4, -0.2) is 47.4 Å². The molecule has 2 atom stereocenters. The third-order valence-electron chi connectivity index (χ3n) is 12.5. The number of hydrogen-bond donors (Lipinski definition) is 3. The van der Waals surface area contributed by atoms with Gasteiger partial charge >= 0.3 is 5.97 Å². The Balaban J connectivity index is 3.42. The number of allylic oxidation sites excluding steroid dienone is 3. The first-order chi connectivity index (χ1) is 30.0. The van der Waals surface area contributed by atoms with Gasteiger partial charge in [0.05, 0.1) is 25.4 Å². The van der Waals surface area contributed by atoms with Crippen LogP contribution in [0.25, 0.3) is 0 Å². The average Bonchev–Trinajstić information content (AvgIpc) is 3.26. The fourth-order valence-corrected chi connectivity index (χ4v) is 8.27. The highest BCUT2D eigenvalue weighted by Gasteiger charge is 2.18. The minimum absolute atomic E-state index is 0.00742. The smallest absolute Gasteiger partial charge is 0.305 e. The zero-order valence-electron chi connectivity index (χ0n) is 40.9. The van der Waals surface area contributed by atoms with Gasteiger partial charge in [0.1, 0.15) is 0 Å². The number of nitrogens with one attached hydrogen (secondary N) is 1. The summed E-state index contributed by atoms with van der Waals surface area (Å²) in [7, 11) is 0. The van der Waals surface area contributed by atoms with Gasteiger partial charge < -0.3 is 20.3 Å². The van der Waals surface area contributed by atoms with E-state index in [1.165, 1.54) is 218 Å². The van der Waals surface area contributed by atoms with E-state index in [2.05, 4.69) is 31.3 Å². The standard InChI is InChI=1S/C55H105NO5/c1-3-5-7-9-11-13-15-16-26-29-33-37-41-45-49-55(60)61-50-46-42-38-34-30-27-24-22-20-18-17-19-21-23-25-28-32-36-40-44-48-54(59)56-52(51-57)53(58)47-43-39-35-31-14-12-10-8-6-4-2/h17,19,43,47,52-53,57-58H,3-16,18,20-42,44-46,48-51H2,1-2H3,(H,56,59)/b19-17-,47-43+. The Bertz CT molecular complexity index is 951. The Kier molecular flexibility index (Phi) is 49.6. The van der Waals surface area contributed by atoms with Crippen molar-refractivity contribution < 1.29 is 24.5 Å². The molecule has 0 aliphatic carbocycles. The van der Waals surface area contributed by atoms with E-state index in [9.17, 15) is 19.8 Å². The molecule has 0 saturated carbocycles. The molecule has 0 spiro atoms. The third-order valence-corrected chi connectivity index (χ3v) is 12.5. The van der Waals surface area contributed by atoms with E-state index in [-0.39, 0.29) is 18.5 Å². The van der Waals surface area contributed by atoms with Crippen LogP contribution in [0, 0.1) is 0 Å². The van der Waals surface area contributed by atoms with Gasteiger partial charge in [0, 0.05) is 12.8 Å². The van der Waals surface area contributed by atoms with Crippen LogP contribution in [0.15, 0.2) is 24.3 Å². The molecular weight excluding hydrogens is 755 g/mol. The van der Waals surface area contributed by atoms with Crippen LogP contribution in [0.2, 0.25) is 0 Å². The molecule has 0 radical (unpaired) electrons. The lowest BCUT2D eigenvalue weighted by Crippen LogP contribution is -2.45. The first-order valence-corrected chi connectivity index (χ1v) is 27.1. The molecule has 0 aromatic rings. The summed E-state index contributed by atoms with van der Waals surface area (Å²) in [5.74, 6) is -0.0711.